The van der Waals surface area contributed by atoms with Gasteiger partial charge in [0, 0.05) is 0 Å². The van der Waals surface area contributed by atoms with Crippen LogP contribution in [0.5, 0.6) is 0 Å². The molecule has 1 heterocycles. The van der Waals surface area contributed by atoms with Crippen LogP contribution in [-0.4, -0.2) is 35.1 Å². The maximum absolute atomic E-state index is 12.4. The molecule has 0 bridgehead atoms. The van der Waals surface area contributed by atoms with Crippen molar-refractivity contribution in [3.63, 3.8) is 0 Å². The van der Waals surface area contributed by atoms with Crippen LogP contribution in [0.4, 0.5) is 0 Å². The van der Waals surface area contributed by atoms with Crippen molar-refractivity contribution in [1.29, 1.82) is 0 Å². The third-order valence-electron chi connectivity index (χ3n) is 4.95. The van der Waals surface area contributed by atoms with Gasteiger partial charge >= 0.3 is 5.97 Å². The molecular weight excluding hydrogens is 256 g/mol. The number of piperidine rings is 1. The van der Waals surface area contributed by atoms with E-state index in [4.69, 9.17) is 0 Å². The lowest BCUT2D eigenvalue weighted by molar-refractivity contribution is -0.150. The van der Waals surface area contributed by atoms with Gasteiger partial charge in [-0.05, 0) is 56.9 Å². The fourth-order valence-corrected chi connectivity index (χ4v) is 3.36. The number of carbonyl (C=O) groups excluding carboxylic acids is 1. The number of aliphatic carboxylic acids is 1. The van der Waals surface area contributed by atoms with Crippen LogP contribution in [0.2, 0.25) is 0 Å². The van der Waals surface area contributed by atoms with Gasteiger partial charge in [0.2, 0.25) is 5.91 Å². The SMILES string of the molecule is CC1CCC(NC(=O)C2NCCCC2C)(C(=O)O)CC1. The molecule has 2 fully saturated rings. The molecule has 2 atom stereocenters. The van der Waals surface area contributed by atoms with E-state index in [2.05, 4.69) is 17.6 Å². The molecule has 114 valence electrons. The number of carboxylic acid groups (broad SMARTS) is 1. The average molecular weight is 282 g/mol. The van der Waals surface area contributed by atoms with Crippen molar-refractivity contribution in [1.82, 2.24) is 10.6 Å². The van der Waals surface area contributed by atoms with E-state index >= 15 is 0 Å². The molecule has 0 aromatic rings. The second kappa shape index (κ2) is 6.12. The summed E-state index contributed by atoms with van der Waals surface area (Å²) in [7, 11) is 0. The van der Waals surface area contributed by atoms with E-state index in [9.17, 15) is 14.7 Å². The van der Waals surface area contributed by atoms with E-state index in [1.54, 1.807) is 0 Å². The summed E-state index contributed by atoms with van der Waals surface area (Å²) in [4.78, 5) is 24.1. The molecule has 0 radical (unpaired) electrons. The Kier molecular flexibility index (Phi) is 4.68. The van der Waals surface area contributed by atoms with Crippen molar-refractivity contribution >= 4 is 11.9 Å². The van der Waals surface area contributed by atoms with Crippen LogP contribution in [0.25, 0.3) is 0 Å². The van der Waals surface area contributed by atoms with Gasteiger partial charge < -0.3 is 15.7 Å². The van der Waals surface area contributed by atoms with Crippen LogP contribution in [0, 0.1) is 11.8 Å². The highest BCUT2D eigenvalue weighted by Gasteiger charge is 2.44. The van der Waals surface area contributed by atoms with E-state index in [-0.39, 0.29) is 17.9 Å². The maximum Gasteiger partial charge on any atom is 0.329 e. The smallest absolute Gasteiger partial charge is 0.329 e. The van der Waals surface area contributed by atoms with Crippen molar-refractivity contribution in [3.05, 3.63) is 0 Å². The van der Waals surface area contributed by atoms with Crippen molar-refractivity contribution in [3.8, 4) is 0 Å². The quantitative estimate of drug-likeness (QED) is 0.733. The topological polar surface area (TPSA) is 78.4 Å². The van der Waals surface area contributed by atoms with Gasteiger partial charge in [0.05, 0.1) is 6.04 Å². The van der Waals surface area contributed by atoms with Gasteiger partial charge in [-0.25, -0.2) is 4.79 Å². The van der Waals surface area contributed by atoms with E-state index in [0.29, 0.717) is 18.8 Å². The number of hydrogen-bond donors (Lipinski definition) is 3. The highest BCUT2D eigenvalue weighted by Crippen LogP contribution is 2.32. The summed E-state index contributed by atoms with van der Waals surface area (Å²) in [5, 5.41) is 15.6. The largest absolute Gasteiger partial charge is 0.480 e. The van der Waals surface area contributed by atoms with Gasteiger partial charge in [0.15, 0.2) is 0 Å². The van der Waals surface area contributed by atoms with E-state index in [1.807, 2.05) is 6.92 Å². The molecule has 1 amide bonds. The molecule has 2 aliphatic rings. The number of carboxylic acids is 1. The van der Waals surface area contributed by atoms with Crippen LogP contribution < -0.4 is 10.6 Å². The van der Waals surface area contributed by atoms with Crippen molar-refractivity contribution in [2.45, 2.75) is 64.0 Å². The van der Waals surface area contributed by atoms with Crippen LogP contribution >= 0.6 is 0 Å². The first-order valence-electron chi connectivity index (χ1n) is 7.73. The van der Waals surface area contributed by atoms with E-state index in [1.165, 1.54) is 0 Å². The van der Waals surface area contributed by atoms with Crippen LogP contribution in [0.1, 0.15) is 52.4 Å². The molecule has 20 heavy (non-hydrogen) atoms. The van der Waals surface area contributed by atoms with Gasteiger partial charge in [-0.3, -0.25) is 4.79 Å². The lowest BCUT2D eigenvalue weighted by Gasteiger charge is -2.38. The lowest BCUT2D eigenvalue weighted by Crippen LogP contribution is -2.61. The van der Waals surface area contributed by atoms with Gasteiger partial charge in [0.25, 0.3) is 0 Å². The van der Waals surface area contributed by atoms with Gasteiger partial charge in [-0.2, -0.15) is 0 Å². The fraction of sp³-hybridized carbons (Fsp3) is 0.867. The minimum atomic E-state index is -1.05. The van der Waals surface area contributed by atoms with Crippen LogP contribution in [0.3, 0.4) is 0 Å². The predicted octanol–water partition coefficient (Wildman–Crippen LogP) is 1.52. The monoisotopic (exact) mass is 282 g/mol. The molecular formula is C15H26N2O3. The van der Waals surface area contributed by atoms with Gasteiger partial charge in [-0.1, -0.05) is 13.8 Å². The Morgan fingerprint density at radius 2 is 1.85 bits per heavy atom. The van der Waals surface area contributed by atoms with Gasteiger partial charge in [0.1, 0.15) is 5.54 Å². The van der Waals surface area contributed by atoms with Crippen LogP contribution in [0.15, 0.2) is 0 Å². The third-order valence-corrected chi connectivity index (χ3v) is 4.95. The highest BCUT2D eigenvalue weighted by molar-refractivity contribution is 5.90. The standard InChI is InChI=1S/C15H26N2O3/c1-10-5-7-15(8-6-10,14(19)20)17-13(18)12-11(2)4-3-9-16-12/h10-12,16H,3-9H2,1-2H3,(H,17,18)(H,19,20). The lowest BCUT2D eigenvalue weighted by atomic mass is 9.76. The Morgan fingerprint density at radius 3 is 2.40 bits per heavy atom. The van der Waals surface area contributed by atoms with Crippen molar-refractivity contribution in [2.24, 2.45) is 11.8 Å². The first-order valence-corrected chi connectivity index (χ1v) is 7.73. The molecule has 1 aliphatic heterocycles. The number of nitrogens with one attached hydrogen (secondary N) is 2. The molecule has 1 saturated carbocycles. The Hall–Kier alpha value is -1.10. The second-order valence-electron chi connectivity index (χ2n) is 6.61. The number of hydrogen-bond acceptors (Lipinski definition) is 3. The van der Waals surface area contributed by atoms with Crippen molar-refractivity contribution < 1.29 is 14.7 Å². The summed E-state index contributed by atoms with van der Waals surface area (Å²) < 4.78 is 0. The Balaban J connectivity index is 2.04. The maximum atomic E-state index is 12.4. The van der Waals surface area contributed by atoms with Crippen molar-refractivity contribution in [2.75, 3.05) is 6.54 Å². The number of carbonyl (C=O) groups is 2. The Bertz CT molecular complexity index is 375. The zero-order valence-electron chi connectivity index (χ0n) is 12.4. The number of amides is 1. The fourth-order valence-electron chi connectivity index (χ4n) is 3.36. The molecule has 1 aliphatic carbocycles. The predicted molar refractivity (Wildman–Crippen MR) is 76.3 cm³/mol. The normalized spacial score (nSPS) is 38.2. The highest BCUT2D eigenvalue weighted by atomic mass is 16.4. The minimum absolute atomic E-state index is 0.144. The summed E-state index contributed by atoms with van der Waals surface area (Å²) >= 11 is 0. The molecule has 0 aromatic carbocycles. The van der Waals surface area contributed by atoms with Crippen LogP contribution in [-0.2, 0) is 9.59 Å². The zero-order valence-corrected chi connectivity index (χ0v) is 12.4. The summed E-state index contributed by atoms with van der Waals surface area (Å²) in [5.74, 6) is -0.224. The molecule has 5 heteroatoms. The first kappa shape index (κ1) is 15.3. The first-order chi connectivity index (χ1) is 9.44. The zero-order chi connectivity index (χ0) is 14.8. The summed E-state index contributed by atoms with van der Waals surface area (Å²) in [6, 6.07) is -0.251. The second-order valence-corrected chi connectivity index (χ2v) is 6.61. The Labute approximate surface area is 120 Å². The molecule has 5 nitrogen and oxygen atoms in total. The van der Waals surface area contributed by atoms with E-state index in [0.717, 1.165) is 32.2 Å². The Morgan fingerprint density at radius 1 is 1.20 bits per heavy atom. The number of rotatable bonds is 3. The molecule has 2 rings (SSSR count). The molecule has 0 aromatic heterocycles. The molecule has 0 spiro atoms. The molecule has 2 unspecified atom stereocenters. The van der Waals surface area contributed by atoms with Gasteiger partial charge in [-0.15, -0.1) is 0 Å². The average Bonchev–Trinajstić information content (AvgIpc) is 2.41. The molecule has 3 N–H and O–H groups in total. The minimum Gasteiger partial charge on any atom is -0.480 e. The summed E-state index contributed by atoms with van der Waals surface area (Å²) in [6.45, 7) is 5.02. The van der Waals surface area contributed by atoms with E-state index < -0.39 is 11.5 Å². The third kappa shape index (κ3) is 3.14. The summed E-state index contributed by atoms with van der Waals surface area (Å²) in [5.41, 5.74) is -1.05. The summed E-state index contributed by atoms with van der Waals surface area (Å²) in [6.07, 6.45) is 4.89. The molecule has 1 saturated heterocycles.